The van der Waals surface area contributed by atoms with Crippen LogP contribution in [0.5, 0.6) is 5.75 Å². The number of nitrogens with one attached hydrogen (secondary N) is 1. The fourth-order valence-electron chi connectivity index (χ4n) is 5.95. The Hall–Kier alpha value is -2.26. The van der Waals surface area contributed by atoms with Gasteiger partial charge in [0.15, 0.2) is 0 Å². The van der Waals surface area contributed by atoms with Crippen molar-refractivity contribution in [2.45, 2.75) is 97.7 Å². The second-order valence-corrected chi connectivity index (χ2v) is 13.3. The molecular formula is C31H45N5O2S. The third-order valence-corrected chi connectivity index (χ3v) is 9.18. The molecule has 0 bridgehead atoms. The summed E-state index contributed by atoms with van der Waals surface area (Å²) in [6.07, 6.45) is 4.82. The normalized spacial score (nSPS) is 18.3. The monoisotopic (exact) mass is 551 g/mol. The maximum absolute atomic E-state index is 6.05. The van der Waals surface area contributed by atoms with Crippen molar-refractivity contribution in [1.82, 2.24) is 19.8 Å². The van der Waals surface area contributed by atoms with E-state index >= 15 is 0 Å². The molecule has 0 radical (unpaired) electrons. The van der Waals surface area contributed by atoms with Crippen molar-refractivity contribution < 1.29 is 9.47 Å². The third kappa shape index (κ3) is 6.91. The molecule has 2 aromatic heterocycles. The van der Waals surface area contributed by atoms with Crippen LogP contribution in [0.1, 0.15) is 70.4 Å². The van der Waals surface area contributed by atoms with Crippen LogP contribution in [0.2, 0.25) is 0 Å². The molecule has 1 saturated heterocycles. The Morgan fingerprint density at radius 1 is 1.10 bits per heavy atom. The first-order chi connectivity index (χ1) is 18.7. The van der Waals surface area contributed by atoms with Gasteiger partial charge >= 0.3 is 0 Å². The number of anilines is 1. The fraction of sp³-hybridized carbons (Fsp3) is 0.613. The molecule has 0 unspecified atom stereocenters. The molecule has 0 aliphatic carbocycles. The maximum Gasteiger partial charge on any atom is 0.138 e. The van der Waals surface area contributed by atoms with E-state index in [1.807, 2.05) is 0 Å². The van der Waals surface area contributed by atoms with Crippen LogP contribution < -0.4 is 10.1 Å². The van der Waals surface area contributed by atoms with Crippen molar-refractivity contribution in [3.05, 3.63) is 46.6 Å². The molecule has 0 atom stereocenters. The lowest BCUT2D eigenvalue weighted by atomic mass is 9.94. The van der Waals surface area contributed by atoms with E-state index in [1.54, 1.807) is 17.7 Å². The number of hydrogen-bond acceptors (Lipinski definition) is 8. The second-order valence-electron chi connectivity index (χ2n) is 12.2. The van der Waals surface area contributed by atoms with Gasteiger partial charge in [-0.3, -0.25) is 9.80 Å². The predicted molar refractivity (Wildman–Crippen MR) is 161 cm³/mol. The maximum atomic E-state index is 6.05. The van der Waals surface area contributed by atoms with E-state index in [0.717, 1.165) is 61.8 Å². The first-order valence-corrected chi connectivity index (χ1v) is 15.4. The molecule has 0 saturated carbocycles. The molecule has 39 heavy (non-hydrogen) atoms. The quantitative estimate of drug-likeness (QED) is 0.326. The van der Waals surface area contributed by atoms with Gasteiger partial charge in [-0.25, -0.2) is 9.97 Å². The molecule has 0 spiro atoms. The molecule has 7 nitrogen and oxygen atoms in total. The molecule has 4 heterocycles. The Morgan fingerprint density at radius 2 is 1.82 bits per heavy atom. The van der Waals surface area contributed by atoms with Gasteiger partial charge in [0.2, 0.25) is 0 Å². The SMILES string of the molecule is CC(C)N(CCOc1ccc(CN2CCC(Nc3ncnc4sc5c(c34)CC(C)(C)OC5)CC2)cc1)C(C)C. The lowest BCUT2D eigenvalue weighted by Gasteiger charge is -2.33. The fourth-order valence-corrected chi connectivity index (χ4v) is 7.02. The van der Waals surface area contributed by atoms with Crippen LogP contribution in [0.3, 0.4) is 0 Å². The molecule has 8 heteroatoms. The Bertz CT molecular complexity index is 1220. The zero-order valence-corrected chi connectivity index (χ0v) is 25.3. The molecule has 2 aliphatic heterocycles. The van der Waals surface area contributed by atoms with Crippen LogP contribution in [-0.2, 0) is 24.3 Å². The first-order valence-electron chi connectivity index (χ1n) is 14.5. The van der Waals surface area contributed by atoms with Crippen LogP contribution in [0.15, 0.2) is 30.6 Å². The van der Waals surface area contributed by atoms with Gasteiger partial charge < -0.3 is 14.8 Å². The van der Waals surface area contributed by atoms with Gasteiger partial charge in [-0.1, -0.05) is 12.1 Å². The van der Waals surface area contributed by atoms with Crippen molar-refractivity contribution >= 4 is 27.4 Å². The van der Waals surface area contributed by atoms with Crippen LogP contribution in [0, 0.1) is 0 Å². The van der Waals surface area contributed by atoms with E-state index in [-0.39, 0.29) is 5.60 Å². The van der Waals surface area contributed by atoms with Gasteiger partial charge in [-0.05, 0) is 77.6 Å². The number of likely N-dealkylation sites (tertiary alicyclic amines) is 1. The van der Waals surface area contributed by atoms with E-state index in [1.165, 1.54) is 21.4 Å². The highest BCUT2D eigenvalue weighted by Crippen LogP contribution is 2.40. The number of ether oxygens (including phenoxy) is 2. The van der Waals surface area contributed by atoms with Gasteiger partial charge in [-0.15, -0.1) is 11.3 Å². The summed E-state index contributed by atoms with van der Waals surface area (Å²) in [5, 5.41) is 5.00. The predicted octanol–water partition coefficient (Wildman–Crippen LogP) is 6.12. The standard InChI is InChI=1S/C31H45N5O2S/c1-21(2)36(22(3)4)15-16-37-25-9-7-23(8-10-25)18-35-13-11-24(12-14-35)34-29-28-26-17-31(5,6)38-19-27(26)39-30(28)33-20-32-29/h7-10,20-22,24H,11-19H2,1-6H3,(H,32,33,34). The van der Waals surface area contributed by atoms with E-state index < -0.39 is 0 Å². The van der Waals surface area contributed by atoms with Gasteiger partial charge in [-0.2, -0.15) is 0 Å². The number of thiophene rings is 1. The summed E-state index contributed by atoms with van der Waals surface area (Å²) in [7, 11) is 0. The summed E-state index contributed by atoms with van der Waals surface area (Å²) in [6.45, 7) is 18.8. The van der Waals surface area contributed by atoms with Gasteiger partial charge in [0, 0.05) is 55.6 Å². The molecule has 1 aromatic carbocycles. The highest BCUT2D eigenvalue weighted by atomic mass is 32.1. The van der Waals surface area contributed by atoms with Crippen LogP contribution in [0.25, 0.3) is 10.2 Å². The highest BCUT2D eigenvalue weighted by molar-refractivity contribution is 7.18. The second kappa shape index (κ2) is 12.1. The molecule has 5 rings (SSSR count). The molecule has 3 aromatic rings. The topological polar surface area (TPSA) is 62.8 Å². The molecular weight excluding hydrogens is 506 g/mol. The van der Waals surface area contributed by atoms with Crippen LogP contribution in [0.4, 0.5) is 5.82 Å². The highest BCUT2D eigenvalue weighted by Gasteiger charge is 2.31. The number of rotatable bonds is 10. The minimum absolute atomic E-state index is 0.146. The first kappa shape index (κ1) is 28.3. The molecule has 1 N–H and O–H groups in total. The lowest BCUT2D eigenvalue weighted by Crippen LogP contribution is -2.39. The van der Waals surface area contributed by atoms with Crippen molar-refractivity contribution in [3.63, 3.8) is 0 Å². The van der Waals surface area contributed by atoms with E-state index in [2.05, 4.69) is 90.9 Å². The summed E-state index contributed by atoms with van der Waals surface area (Å²) in [5.41, 5.74) is 2.57. The molecule has 0 amide bonds. The zero-order valence-electron chi connectivity index (χ0n) is 24.5. The molecule has 2 aliphatic rings. The summed E-state index contributed by atoms with van der Waals surface area (Å²) < 4.78 is 12.1. The van der Waals surface area contributed by atoms with Gasteiger partial charge in [0.1, 0.15) is 29.3 Å². The number of nitrogens with zero attached hydrogens (tertiary/aromatic N) is 4. The third-order valence-electron chi connectivity index (χ3n) is 8.07. The molecule has 1 fully saturated rings. The summed E-state index contributed by atoms with van der Waals surface area (Å²) >= 11 is 1.75. The number of aromatic nitrogens is 2. The van der Waals surface area contributed by atoms with E-state index in [9.17, 15) is 0 Å². The summed E-state index contributed by atoms with van der Waals surface area (Å²) in [4.78, 5) is 16.7. The molecule has 212 valence electrons. The van der Waals surface area contributed by atoms with Crippen molar-refractivity contribution in [2.24, 2.45) is 0 Å². The summed E-state index contributed by atoms with van der Waals surface area (Å²) in [6, 6.07) is 10.1. The Balaban J connectivity index is 1.12. The van der Waals surface area contributed by atoms with Gasteiger partial charge in [0.25, 0.3) is 0 Å². The van der Waals surface area contributed by atoms with Crippen LogP contribution >= 0.6 is 11.3 Å². The minimum atomic E-state index is -0.146. The Labute approximate surface area is 237 Å². The van der Waals surface area contributed by atoms with Crippen molar-refractivity contribution in [3.8, 4) is 5.75 Å². The van der Waals surface area contributed by atoms with Gasteiger partial charge in [0.05, 0.1) is 17.6 Å². The zero-order chi connectivity index (χ0) is 27.6. The van der Waals surface area contributed by atoms with E-state index in [4.69, 9.17) is 9.47 Å². The van der Waals surface area contributed by atoms with Crippen molar-refractivity contribution in [1.29, 1.82) is 0 Å². The smallest absolute Gasteiger partial charge is 0.138 e. The lowest BCUT2D eigenvalue weighted by molar-refractivity contribution is -0.0379. The number of fused-ring (bicyclic) bond motifs is 3. The number of piperidine rings is 1. The Kier molecular flexibility index (Phi) is 8.76. The minimum Gasteiger partial charge on any atom is -0.492 e. The summed E-state index contributed by atoms with van der Waals surface area (Å²) in [5.74, 6) is 1.95. The average molecular weight is 552 g/mol. The number of benzene rings is 1. The van der Waals surface area contributed by atoms with Crippen molar-refractivity contribution in [2.75, 3.05) is 31.6 Å². The Morgan fingerprint density at radius 3 is 2.51 bits per heavy atom. The largest absolute Gasteiger partial charge is 0.492 e. The number of hydrogen-bond donors (Lipinski definition) is 1. The van der Waals surface area contributed by atoms with E-state index in [0.29, 0.717) is 31.3 Å². The average Bonchev–Trinajstić information content (AvgIpc) is 3.26. The van der Waals surface area contributed by atoms with Crippen LogP contribution in [-0.4, -0.2) is 69.7 Å².